The molecule has 7 nitrogen and oxygen atoms in total. The molecule has 0 radical (unpaired) electrons. The highest BCUT2D eigenvalue weighted by molar-refractivity contribution is 5.87. The summed E-state index contributed by atoms with van der Waals surface area (Å²) < 4.78 is 16.5. The first-order valence-corrected chi connectivity index (χ1v) is 10.2. The van der Waals surface area contributed by atoms with E-state index in [4.69, 9.17) is 13.9 Å². The predicted molar refractivity (Wildman–Crippen MR) is 113 cm³/mol. The third-order valence-corrected chi connectivity index (χ3v) is 5.51. The number of hydrogen-bond donors (Lipinski definition) is 0. The van der Waals surface area contributed by atoms with Crippen LogP contribution in [0.2, 0.25) is 0 Å². The lowest BCUT2D eigenvalue weighted by molar-refractivity contribution is -0.140. The zero-order valence-corrected chi connectivity index (χ0v) is 18.5. The van der Waals surface area contributed by atoms with Crippen molar-refractivity contribution >= 4 is 23.0 Å². The third kappa shape index (κ3) is 4.50. The van der Waals surface area contributed by atoms with Crippen molar-refractivity contribution in [2.24, 2.45) is 5.92 Å². The first-order valence-electron chi connectivity index (χ1n) is 10.2. The maximum atomic E-state index is 12.7. The number of carbonyl (C=O) groups excluding carboxylic acids is 2. The van der Waals surface area contributed by atoms with Crippen LogP contribution in [-0.2, 0) is 9.53 Å². The molecule has 0 N–H and O–H groups in total. The maximum absolute atomic E-state index is 12.7. The Kier molecular flexibility index (Phi) is 5.92. The summed E-state index contributed by atoms with van der Waals surface area (Å²) in [6.45, 7) is 11.7. The number of piperidine rings is 1. The van der Waals surface area contributed by atoms with E-state index in [9.17, 15) is 14.4 Å². The maximum Gasteiger partial charge on any atom is 0.410 e. The molecule has 2 aromatic rings. The summed E-state index contributed by atoms with van der Waals surface area (Å²) in [6, 6.07) is 3.54. The number of likely N-dealkylation sites (tertiary alicyclic amines) is 1. The number of rotatable bonds is 2. The van der Waals surface area contributed by atoms with E-state index in [1.165, 1.54) is 0 Å². The topological polar surface area (TPSA) is 86.1 Å². The Balaban J connectivity index is 1.69. The van der Waals surface area contributed by atoms with Gasteiger partial charge in [0.2, 0.25) is 0 Å². The molecule has 7 heteroatoms. The van der Waals surface area contributed by atoms with Crippen LogP contribution in [0.3, 0.4) is 0 Å². The van der Waals surface area contributed by atoms with E-state index >= 15 is 0 Å². The number of fused-ring (bicyclic) bond motifs is 1. The van der Waals surface area contributed by atoms with Crippen LogP contribution in [0.15, 0.2) is 21.3 Å². The first kappa shape index (κ1) is 21.9. The molecule has 0 saturated carbocycles. The Labute approximate surface area is 175 Å². The summed E-state index contributed by atoms with van der Waals surface area (Å²) in [5, 5.41) is 0.829. The number of benzene rings is 1. The van der Waals surface area contributed by atoms with Crippen molar-refractivity contribution in [2.45, 2.75) is 60.0 Å². The summed E-state index contributed by atoms with van der Waals surface area (Å²) in [5.41, 5.74) is 1.55. The molecule has 1 amide bonds. The van der Waals surface area contributed by atoms with Crippen molar-refractivity contribution in [3.8, 4) is 5.75 Å². The Morgan fingerprint density at radius 3 is 2.27 bits per heavy atom. The fourth-order valence-electron chi connectivity index (χ4n) is 3.55. The molecule has 0 spiro atoms. The first-order chi connectivity index (χ1) is 14.0. The fraction of sp³-hybridized carbons (Fsp3) is 0.522. The molecule has 0 unspecified atom stereocenters. The standard InChI is InChI=1S/C23H29NO6/c1-13-14(2)20(25)29-19-15(3)18(8-7-17(13)19)28-21(26)16-9-11-24(12-10-16)22(27)30-23(4,5)6/h7-8,16H,9-12H2,1-6H3. The second-order valence-electron chi connectivity index (χ2n) is 8.87. The Bertz CT molecular complexity index is 1040. The predicted octanol–water partition coefficient (Wildman–Crippen LogP) is 4.27. The molecular formula is C23H29NO6. The normalized spacial score (nSPS) is 15.3. The Morgan fingerprint density at radius 2 is 1.67 bits per heavy atom. The van der Waals surface area contributed by atoms with Gasteiger partial charge in [0, 0.05) is 29.6 Å². The van der Waals surface area contributed by atoms with Crippen LogP contribution in [0, 0.1) is 26.7 Å². The number of hydrogen-bond acceptors (Lipinski definition) is 6. The number of esters is 1. The minimum absolute atomic E-state index is 0.300. The van der Waals surface area contributed by atoms with E-state index < -0.39 is 5.60 Å². The van der Waals surface area contributed by atoms with Crippen molar-refractivity contribution in [3.63, 3.8) is 0 Å². The highest BCUT2D eigenvalue weighted by atomic mass is 16.6. The van der Waals surface area contributed by atoms with E-state index in [2.05, 4.69) is 0 Å². The van der Waals surface area contributed by atoms with Gasteiger partial charge in [0.25, 0.3) is 0 Å². The van der Waals surface area contributed by atoms with E-state index in [1.807, 2.05) is 27.7 Å². The van der Waals surface area contributed by atoms with Gasteiger partial charge in [-0.2, -0.15) is 0 Å². The minimum atomic E-state index is -0.549. The van der Waals surface area contributed by atoms with E-state index in [-0.39, 0.29) is 23.6 Å². The van der Waals surface area contributed by atoms with E-state index in [0.29, 0.717) is 48.4 Å². The lowest BCUT2D eigenvalue weighted by Crippen LogP contribution is -2.43. The van der Waals surface area contributed by atoms with Gasteiger partial charge in [0.15, 0.2) is 0 Å². The molecule has 1 aliphatic heterocycles. The molecule has 2 heterocycles. The second kappa shape index (κ2) is 8.13. The lowest BCUT2D eigenvalue weighted by Gasteiger charge is -2.32. The molecule has 162 valence electrons. The molecule has 1 fully saturated rings. The van der Waals surface area contributed by atoms with Crippen LogP contribution in [0.1, 0.15) is 50.3 Å². The van der Waals surface area contributed by atoms with Gasteiger partial charge in [-0.3, -0.25) is 4.79 Å². The molecule has 30 heavy (non-hydrogen) atoms. The third-order valence-electron chi connectivity index (χ3n) is 5.51. The molecule has 1 aliphatic rings. The van der Waals surface area contributed by atoms with Crippen LogP contribution in [0.4, 0.5) is 4.79 Å². The van der Waals surface area contributed by atoms with Crippen molar-refractivity contribution in [2.75, 3.05) is 13.1 Å². The molecule has 3 rings (SSSR count). The van der Waals surface area contributed by atoms with Crippen LogP contribution >= 0.6 is 0 Å². The Hall–Kier alpha value is -2.83. The number of nitrogens with zero attached hydrogens (tertiary/aromatic N) is 1. The summed E-state index contributed by atoms with van der Waals surface area (Å²) in [4.78, 5) is 38.5. The van der Waals surface area contributed by atoms with E-state index in [1.54, 1.807) is 30.9 Å². The number of aryl methyl sites for hydroxylation is 2. The average molecular weight is 415 g/mol. The van der Waals surface area contributed by atoms with Gasteiger partial charge >= 0.3 is 17.7 Å². The Morgan fingerprint density at radius 1 is 1.03 bits per heavy atom. The van der Waals surface area contributed by atoms with Crippen LogP contribution in [0.25, 0.3) is 11.0 Å². The highest BCUT2D eigenvalue weighted by Crippen LogP contribution is 2.30. The van der Waals surface area contributed by atoms with Crippen molar-refractivity contribution < 1.29 is 23.5 Å². The van der Waals surface area contributed by atoms with Gasteiger partial charge in [-0.05, 0) is 72.1 Å². The van der Waals surface area contributed by atoms with Crippen molar-refractivity contribution in [3.05, 3.63) is 39.2 Å². The fourth-order valence-corrected chi connectivity index (χ4v) is 3.55. The van der Waals surface area contributed by atoms with Gasteiger partial charge in [0.1, 0.15) is 16.9 Å². The van der Waals surface area contributed by atoms with Crippen LogP contribution in [0.5, 0.6) is 5.75 Å². The molecule has 0 aliphatic carbocycles. The SMILES string of the molecule is Cc1c(C)c2ccc(OC(=O)C3CCN(C(=O)OC(C)(C)C)CC3)c(C)c2oc1=O. The smallest absolute Gasteiger partial charge is 0.410 e. The average Bonchev–Trinajstić information content (AvgIpc) is 2.67. The van der Waals surface area contributed by atoms with E-state index in [0.717, 1.165) is 10.9 Å². The summed E-state index contributed by atoms with van der Waals surface area (Å²) in [6.07, 6.45) is 0.663. The molecule has 0 atom stereocenters. The lowest BCUT2D eigenvalue weighted by atomic mass is 9.97. The van der Waals surface area contributed by atoms with Crippen molar-refractivity contribution in [1.29, 1.82) is 0 Å². The van der Waals surface area contributed by atoms with Gasteiger partial charge < -0.3 is 18.8 Å². The summed E-state index contributed by atoms with van der Waals surface area (Å²) >= 11 is 0. The number of amides is 1. The molecule has 1 saturated heterocycles. The molecule has 1 aromatic heterocycles. The quantitative estimate of drug-likeness (QED) is 0.414. The van der Waals surface area contributed by atoms with Gasteiger partial charge in [-0.1, -0.05) is 0 Å². The van der Waals surface area contributed by atoms with Gasteiger partial charge in [-0.15, -0.1) is 0 Å². The van der Waals surface area contributed by atoms with Crippen molar-refractivity contribution in [1.82, 2.24) is 4.90 Å². The van der Waals surface area contributed by atoms with Crippen LogP contribution < -0.4 is 10.4 Å². The number of carbonyl (C=O) groups is 2. The minimum Gasteiger partial charge on any atom is -0.444 e. The van der Waals surface area contributed by atoms with Crippen LogP contribution in [-0.4, -0.2) is 35.7 Å². The monoisotopic (exact) mass is 415 g/mol. The molecular weight excluding hydrogens is 386 g/mol. The second-order valence-corrected chi connectivity index (χ2v) is 8.87. The number of ether oxygens (including phenoxy) is 2. The highest BCUT2D eigenvalue weighted by Gasteiger charge is 2.31. The van der Waals surface area contributed by atoms with Gasteiger partial charge in [0.05, 0.1) is 5.92 Å². The largest absolute Gasteiger partial charge is 0.444 e. The molecule has 0 bridgehead atoms. The summed E-state index contributed by atoms with van der Waals surface area (Å²) in [5.74, 6) is -0.258. The van der Waals surface area contributed by atoms with Gasteiger partial charge in [-0.25, -0.2) is 9.59 Å². The molecule has 1 aromatic carbocycles. The zero-order chi connectivity index (χ0) is 22.2. The summed E-state index contributed by atoms with van der Waals surface area (Å²) in [7, 11) is 0. The zero-order valence-electron chi connectivity index (χ0n) is 18.5.